The number of nitrogens with one attached hydrogen (secondary N) is 1. The van der Waals surface area contributed by atoms with E-state index in [1.54, 1.807) is 0 Å². The van der Waals surface area contributed by atoms with E-state index >= 15 is 0 Å². The Morgan fingerprint density at radius 3 is 2.62 bits per heavy atom. The van der Waals surface area contributed by atoms with Crippen molar-refractivity contribution in [3.63, 3.8) is 0 Å². The summed E-state index contributed by atoms with van der Waals surface area (Å²) in [6, 6.07) is 0.369. The van der Waals surface area contributed by atoms with Crippen molar-refractivity contribution in [1.82, 2.24) is 10.2 Å². The Labute approximate surface area is 94.8 Å². The van der Waals surface area contributed by atoms with Gasteiger partial charge >= 0.3 is 5.97 Å². The summed E-state index contributed by atoms with van der Waals surface area (Å²) in [5.74, 6) is -1.29. The van der Waals surface area contributed by atoms with E-state index in [4.69, 9.17) is 5.11 Å². The summed E-state index contributed by atoms with van der Waals surface area (Å²) < 4.78 is 0. The zero-order valence-electron chi connectivity index (χ0n) is 9.53. The largest absolute Gasteiger partial charge is 0.480 e. The summed E-state index contributed by atoms with van der Waals surface area (Å²) in [6.07, 6.45) is 3.20. The van der Waals surface area contributed by atoms with E-state index in [1.165, 1.54) is 0 Å². The normalized spacial score (nSPS) is 27.7. The molecule has 2 fully saturated rings. The summed E-state index contributed by atoms with van der Waals surface area (Å²) in [6.45, 7) is 1.63. The average Bonchev–Trinajstić information content (AvgIpc) is 2.95. The molecular weight excluding hydrogens is 208 g/mol. The molecule has 1 unspecified atom stereocenters. The maximum atomic E-state index is 11.7. The molecule has 90 valence electrons. The van der Waals surface area contributed by atoms with Crippen LogP contribution in [-0.4, -0.2) is 48.1 Å². The van der Waals surface area contributed by atoms with Crippen molar-refractivity contribution in [3.8, 4) is 0 Å². The number of hydrogen-bond acceptors (Lipinski definition) is 3. The quantitative estimate of drug-likeness (QED) is 0.665. The van der Waals surface area contributed by atoms with Gasteiger partial charge < -0.3 is 15.3 Å². The van der Waals surface area contributed by atoms with E-state index in [0.717, 1.165) is 19.4 Å². The monoisotopic (exact) mass is 226 g/mol. The SMILES string of the molecule is CN1CCCC1CNC(=O)C1(C(=O)O)CC1. The Kier molecular flexibility index (Phi) is 2.88. The van der Waals surface area contributed by atoms with Crippen molar-refractivity contribution in [1.29, 1.82) is 0 Å². The average molecular weight is 226 g/mol. The zero-order valence-corrected chi connectivity index (χ0v) is 9.53. The first-order valence-corrected chi connectivity index (χ1v) is 5.78. The lowest BCUT2D eigenvalue weighted by atomic mass is 10.1. The number of carboxylic acid groups (broad SMARTS) is 1. The van der Waals surface area contributed by atoms with Crippen molar-refractivity contribution in [2.75, 3.05) is 20.1 Å². The molecule has 0 aromatic carbocycles. The molecule has 2 N–H and O–H groups in total. The predicted octanol–water partition coefficient (Wildman–Crippen LogP) is 0.0616. The Balaban J connectivity index is 1.82. The smallest absolute Gasteiger partial charge is 0.319 e. The summed E-state index contributed by atoms with van der Waals surface area (Å²) in [5.41, 5.74) is -1.10. The van der Waals surface area contributed by atoms with Gasteiger partial charge in [-0.1, -0.05) is 0 Å². The highest BCUT2D eigenvalue weighted by Crippen LogP contribution is 2.46. The third kappa shape index (κ3) is 1.91. The number of rotatable bonds is 4. The van der Waals surface area contributed by atoms with Crippen LogP contribution in [0.2, 0.25) is 0 Å². The van der Waals surface area contributed by atoms with Gasteiger partial charge in [0.2, 0.25) is 5.91 Å². The lowest BCUT2D eigenvalue weighted by Crippen LogP contribution is -2.43. The molecule has 0 bridgehead atoms. The Bertz CT molecular complexity index is 312. The number of amides is 1. The molecule has 0 aromatic heterocycles. The van der Waals surface area contributed by atoms with E-state index in [2.05, 4.69) is 10.2 Å². The molecule has 1 saturated heterocycles. The van der Waals surface area contributed by atoms with Gasteiger partial charge in [0.25, 0.3) is 0 Å². The predicted molar refractivity (Wildman–Crippen MR) is 58.0 cm³/mol. The van der Waals surface area contributed by atoms with Gasteiger partial charge in [0.05, 0.1) is 0 Å². The summed E-state index contributed by atoms with van der Waals surface area (Å²) in [7, 11) is 2.04. The maximum Gasteiger partial charge on any atom is 0.319 e. The molecule has 1 aliphatic heterocycles. The van der Waals surface area contributed by atoms with Gasteiger partial charge in [0.1, 0.15) is 5.41 Å². The number of nitrogens with zero attached hydrogens (tertiary/aromatic N) is 1. The fourth-order valence-corrected chi connectivity index (χ4v) is 2.28. The van der Waals surface area contributed by atoms with E-state index in [-0.39, 0.29) is 5.91 Å². The van der Waals surface area contributed by atoms with Crippen molar-refractivity contribution < 1.29 is 14.7 Å². The second-order valence-electron chi connectivity index (χ2n) is 4.87. The number of likely N-dealkylation sites (tertiary alicyclic amines) is 1. The lowest BCUT2D eigenvalue weighted by Gasteiger charge is -2.20. The highest BCUT2D eigenvalue weighted by Gasteiger charge is 2.57. The van der Waals surface area contributed by atoms with E-state index < -0.39 is 11.4 Å². The number of likely N-dealkylation sites (N-methyl/N-ethyl adjacent to an activating group) is 1. The molecule has 1 amide bonds. The molecule has 2 aliphatic rings. The lowest BCUT2D eigenvalue weighted by molar-refractivity contribution is -0.149. The first-order chi connectivity index (χ1) is 7.56. The maximum absolute atomic E-state index is 11.7. The zero-order chi connectivity index (χ0) is 11.8. The Morgan fingerprint density at radius 1 is 1.50 bits per heavy atom. The first kappa shape index (κ1) is 11.4. The molecule has 1 atom stereocenters. The van der Waals surface area contributed by atoms with Crippen molar-refractivity contribution in [2.24, 2.45) is 5.41 Å². The summed E-state index contributed by atoms with van der Waals surface area (Å²) in [4.78, 5) is 24.8. The number of carbonyl (C=O) groups is 2. The Morgan fingerprint density at radius 2 is 2.19 bits per heavy atom. The van der Waals surface area contributed by atoms with Crippen LogP contribution in [0.1, 0.15) is 25.7 Å². The van der Waals surface area contributed by atoms with Crippen LogP contribution in [0.4, 0.5) is 0 Å². The van der Waals surface area contributed by atoms with Gasteiger partial charge in [-0.3, -0.25) is 9.59 Å². The van der Waals surface area contributed by atoms with E-state index in [9.17, 15) is 9.59 Å². The second kappa shape index (κ2) is 4.05. The molecule has 0 aromatic rings. The molecule has 16 heavy (non-hydrogen) atoms. The highest BCUT2D eigenvalue weighted by atomic mass is 16.4. The van der Waals surface area contributed by atoms with Gasteiger partial charge in [0, 0.05) is 12.6 Å². The molecule has 1 heterocycles. The van der Waals surface area contributed by atoms with Gasteiger partial charge in [-0.05, 0) is 39.3 Å². The molecule has 5 heteroatoms. The van der Waals surface area contributed by atoms with E-state index in [0.29, 0.717) is 25.4 Å². The molecule has 2 rings (SSSR count). The Hall–Kier alpha value is -1.10. The van der Waals surface area contributed by atoms with Crippen LogP contribution in [0, 0.1) is 5.41 Å². The molecular formula is C11H18N2O3. The molecule has 0 radical (unpaired) electrons. The second-order valence-corrected chi connectivity index (χ2v) is 4.87. The van der Waals surface area contributed by atoms with Crippen LogP contribution in [0.3, 0.4) is 0 Å². The standard InChI is InChI=1S/C11H18N2O3/c1-13-6-2-3-8(13)7-12-9(14)11(4-5-11)10(15)16/h8H,2-7H2,1H3,(H,12,14)(H,15,16). The van der Waals surface area contributed by atoms with Crippen LogP contribution in [0.15, 0.2) is 0 Å². The van der Waals surface area contributed by atoms with Crippen molar-refractivity contribution in [2.45, 2.75) is 31.7 Å². The highest BCUT2D eigenvalue weighted by molar-refractivity contribution is 6.04. The van der Waals surface area contributed by atoms with E-state index in [1.807, 2.05) is 7.05 Å². The molecule has 1 aliphatic carbocycles. The topological polar surface area (TPSA) is 69.6 Å². The van der Waals surface area contributed by atoms with Gasteiger partial charge in [-0.15, -0.1) is 0 Å². The minimum Gasteiger partial charge on any atom is -0.480 e. The third-order valence-corrected chi connectivity index (χ3v) is 3.76. The molecule has 1 saturated carbocycles. The van der Waals surface area contributed by atoms with Crippen molar-refractivity contribution >= 4 is 11.9 Å². The van der Waals surface area contributed by atoms with Crippen molar-refractivity contribution in [3.05, 3.63) is 0 Å². The van der Waals surface area contributed by atoms with Crippen LogP contribution >= 0.6 is 0 Å². The van der Waals surface area contributed by atoms with Gasteiger partial charge in [0.15, 0.2) is 0 Å². The molecule has 5 nitrogen and oxygen atoms in total. The van der Waals surface area contributed by atoms with Gasteiger partial charge in [-0.2, -0.15) is 0 Å². The summed E-state index contributed by atoms with van der Waals surface area (Å²) >= 11 is 0. The van der Waals surface area contributed by atoms with Crippen LogP contribution < -0.4 is 5.32 Å². The van der Waals surface area contributed by atoms with Crippen LogP contribution in [0.5, 0.6) is 0 Å². The third-order valence-electron chi connectivity index (χ3n) is 3.76. The minimum absolute atomic E-state index is 0.305. The number of carboxylic acids is 1. The number of aliphatic carboxylic acids is 1. The first-order valence-electron chi connectivity index (χ1n) is 5.78. The summed E-state index contributed by atoms with van der Waals surface area (Å²) in [5, 5.41) is 11.7. The number of hydrogen-bond donors (Lipinski definition) is 2. The van der Waals surface area contributed by atoms with Crippen LogP contribution in [0.25, 0.3) is 0 Å². The fourth-order valence-electron chi connectivity index (χ4n) is 2.28. The minimum atomic E-state index is -1.10. The fraction of sp³-hybridized carbons (Fsp3) is 0.818. The number of carbonyl (C=O) groups excluding carboxylic acids is 1. The molecule has 0 spiro atoms. The van der Waals surface area contributed by atoms with Crippen LogP contribution in [-0.2, 0) is 9.59 Å². The van der Waals surface area contributed by atoms with Gasteiger partial charge in [-0.25, -0.2) is 0 Å².